The second kappa shape index (κ2) is 4.60. The van der Waals surface area contributed by atoms with Crippen molar-refractivity contribution >= 4 is 17.0 Å². The van der Waals surface area contributed by atoms with Crippen molar-refractivity contribution in [2.24, 2.45) is 0 Å². The summed E-state index contributed by atoms with van der Waals surface area (Å²) < 4.78 is 31.5. The van der Waals surface area contributed by atoms with Gasteiger partial charge in [0.1, 0.15) is 5.60 Å². The van der Waals surface area contributed by atoms with Crippen LogP contribution < -0.4 is 0 Å². The van der Waals surface area contributed by atoms with E-state index in [0.29, 0.717) is 10.9 Å². The van der Waals surface area contributed by atoms with Crippen molar-refractivity contribution in [1.82, 2.24) is 9.78 Å². The standard InChI is InChI=1S/C13H14F2N2O2/c1-13(2,3)19-12(18)17-10-6-8(11(14)15)4-5-9(10)7-16-17/h4-7,11H,1-3H3. The van der Waals surface area contributed by atoms with Crippen LogP contribution in [0.2, 0.25) is 0 Å². The molecule has 0 aliphatic heterocycles. The van der Waals surface area contributed by atoms with Crippen molar-refractivity contribution in [2.75, 3.05) is 0 Å². The fraction of sp³-hybridized carbons (Fsp3) is 0.385. The van der Waals surface area contributed by atoms with E-state index in [4.69, 9.17) is 4.74 Å². The van der Waals surface area contributed by atoms with Gasteiger partial charge in [0.25, 0.3) is 6.43 Å². The summed E-state index contributed by atoms with van der Waals surface area (Å²) in [4.78, 5) is 11.9. The maximum absolute atomic E-state index is 12.7. The lowest BCUT2D eigenvalue weighted by Gasteiger charge is -2.19. The van der Waals surface area contributed by atoms with Gasteiger partial charge in [0.05, 0.1) is 11.7 Å². The smallest absolute Gasteiger partial charge is 0.435 e. The highest BCUT2D eigenvalue weighted by molar-refractivity contribution is 5.88. The van der Waals surface area contributed by atoms with Gasteiger partial charge in [0, 0.05) is 10.9 Å². The van der Waals surface area contributed by atoms with Crippen molar-refractivity contribution < 1.29 is 18.3 Å². The van der Waals surface area contributed by atoms with Crippen LogP contribution in [-0.2, 0) is 4.74 Å². The number of fused-ring (bicyclic) bond motifs is 1. The average molecular weight is 268 g/mol. The van der Waals surface area contributed by atoms with E-state index in [2.05, 4.69) is 5.10 Å². The third kappa shape index (κ3) is 2.89. The minimum Gasteiger partial charge on any atom is -0.442 e. The number of halogens is 2. The molecule has 4 nitrogen and oxygen atoms in total. The Kier molecular flexibility index (Phi) is 3.26. The molecule has 1 aromatic carbocycles. The molecule has 0 unspecified atom stereocenters. The summed E-state index contributed by atoms with van der Waals surface area (Å²) >= 11 is 0. The van der Waals surface area contributed by atoms with Gasteiger partial charge in [0.15, 0.2) is 0 Å². The number of carbonyl (C=O) groups is 1. The van der Waals surface area contributed by atoms with Crippen LogP contribution in [0.1, 0.15) is 32.8 Å². The van der Waals surface area contributed by atoms with Crippen LogP contribution in [0, 0.1) is 0 Å². The van der Waals surface area contributed by atoms with Crippen LogP contribution in [-0.4, -0.2) is 21.5 Å². The van der Waals surface area contributed by atoms with Gasteiger partial charge in [-0.1, -0.05) is 12.1 Å². The zero-order valence-electron chi connectivity index (χ0n) is 10.9. The summed E-state index contributed by atoms with van der Waals surface area (Å²) in [7, 11) is 0. The number of nitrogens with zero attached hydrogens (tertiary/aromatic N) is 2. The molecule has 6 heteroatoms. The first-order valence-electron chi connectivity index (χ1n) is 5.77. The Hall–Kier alpha value is -1.98. The van der Waals surface area contributed by atoms with E-state index >= 15 is 0 Å². The first-order valence-corrected chi connectivity index (χ1v) is 5.77. The molecule has 2 rings (SSSR count). The van der Waals surface area contributed by atoms with Crippen LogP contribution in [0.25, 0.3) is 10.9 Å². The minimum absolute atomic E-state index is 0.155. The third-order valence-electron chi connectivity index (χ3n) is 2.41. The Morgan fingerprint density at radius 3 is 2.63 bits per heavy atom. The summed E-state index contributed by atoms with van der Waals surface area (Å²) in [6.07, 6.45) is -1.84. The molecule has 0 aliphatic rings. The molecule has 1 aromatic heterocycles. The van der Waals surface area contributed by atoms with E-state index in [1.54, 1.807) is 20.8 Å². The third-order valence-corrected chi connectivity index (χ3v) is 2.41. The Bertz CT molecular complexity index is 615. The van der Waals surface area contributed by atoms with Crippen LogP contribution >= 0.6 is 0 Å². The van der Waals surface area contributed by atoms with E-state index in [9.17, 15) is 13.6 Å². The Balaban J connectivity index is 2.43. The van der Waals surface area contributed by atoms with E-state index in [1.165, 1.54) is 24.4 Å². The molecular formula is C13H14F2N2O2. The van der Waals surface area contributed by atoms with Crippen LogP contribution in [0.5, 0.6) is 0 Å². The number of aromatic nitrogens is 2. The second-order valence-corrected chi connectivity index (χ2v) is 5.16. The molecule has 0 saturated carbocycles. The number of benzene rings is 1. The van der Waals surface area contributed by atoms with Crippen molar-refractivity contribution in [3.05, 3.63) is 30.0 Å². The maximum Gasteiger partial charge on any atom is 0.435 e. The molecular weight excluding hydrogens is 254 g/mol. The van der Waals surface area contributed by atoms with Crippen LogP contribution in [0.4, 0.5) is 13.6 Å². The lowest BCUT2D eigenvalue weighted by Crippen LogP contribution is -2.27. The van der Waals surface area contributed by atoms with Crippen molar-refractivity contribution in [3.63, 3.8) is 0 Å². The lowest BCUT2D eigenvalue weighted by atomic mass is 10.2. The Morgan fingerprint density at radius 2 is 2.05 bits per heavy atom. The van der Waals surface area contributed by atoms with E-state index in [1.807, 2.05) is 0 Å². The average Bonchev–Trinajstić information content (AvgIpc) is 2.68. The van der Waals surface area contributed by atoms with Crippen LogP contribution in [0.15, 0.2) is 24.4 Å². The number of carbonyl (C=O) groups excluding carboxylic acids is 1. The summed E-state index contributed by atoms with van der Waals surface area (Å²) in [5, 5.41) is 4.48. The maximum atomic E-state index is 12.7. The van der Waals surface area contributed by atoms with E-state index in [0.717, 1.165) is 4.68 Å². The Labute approximate surface area is 109 Å². The first kappa shape index (κ1) is 13.5. The minimum atomic E-state index is -2.59. The molecule has 0 atom stereocenters. The molecule has 19 heavy (non-hydrogen) atoms. The molecule has 0 amide bonds. The molecule has 0 spiro atoms. The molecule has 0 N–H and O–H groups in total. The number of ether oxygens (including phenoxy) is 1. The van der Waals surface area contributed by atoms with Gasteiger partial charge in [-0.05, 0) is 26.8 Å². The van der Waals surface area contributed by atoms with E-state index < -0.39 is 18.1 Å². The van der Waals surface area contributed by atoms with Gasteiger partial charge >= 0.3 is 6.09 Å². The summed E-state index contributed by atoms with van der Waals surface area (Å²) in [6, 6.07) is 4.07. The largest absolute Gasteiger partial charge is 0.442 e. The quantitative estimate of drug-likeness (QED) is 0.791. The predicted octanol–water partition coefficient (Wildman–Crippen LogP) is 3.76. The van der Waals surface area contributed by atoms with Gasteiger partial charge in [-0.2, -0.15) is 9.78 Å². The van der Waals surface area contributed by atoms with Gasteiger partial charge in [-0.3, -0.25) is 0 Å². The van der Waals surface area contributed by atoms with Crippen molar-refractivity contribution in [1.29, 1.82) is 0 Å². The summed E-state index contributed by atoms with van der Waals surface area (Å²) in [5.74, 6) is 0. The molecule has 2 aromatic rings. The van der Waals surface area contributed by atoms with Gasteiger partial charge < -0.3 is 4.74 Å². The summed E-state index contributed by atoms with van der Waals surface area (Å²) in [5.41, 5.74) is -0.514. The Morgan fingerprint density at radius 1 is 1.37 bits per heavy atom. The fourth-order valence-corrected chi connectivity index (χ4v) is 1.62. The van der Waals surface area contributed by atoms with Crippen molar-refractivity contribution in [2.45, 2.75) is 32.8 Å². The normalized spacial score (nSPS) is 12.1. The van der Waals surface area contributed by atoms with Gasteiger partial charge in [-0.25, -0.2) is 13.6 Å². The number of alkyl halides is 2. The number of hydrogen-bond acceptors (Lipinski definition) is 3. The van der Waals surface area contributed by atoms with E-state index in [-0.39, 0.29) is 5.56 Å². The zero-order valence-corrected chi connectivity index (χ0v) is 10.9. The topological polar surface area (TPSA) is 44.1 Å². The molecule has 102 valence electrons. The molecule has 0 bridgehead atoms. The SMILES string of the molecule is CC(C)(C)OC(=O)n1ncc2ccc(C(F)F)cc21. The highest BCUT2D eigenvalue weighted by atomic mass is 19.3. The summed E-state index contributed by atoms with van der Waals surface area (Å²) in [6.45, 7) is 5.17. The highest BCUT2D eigenvalue weighted by Crippen LogP contribution is 2.24. The van der Waals surface area contributed by atoms with Crippen LogP contribution in [0.3, 0.4) is 0 Å². The number of rotatable bonds is 1. The molecule has 1 heterocycles. The first-order chi connectivity index (χ1) is 8.78. The monoisotopic (exact) mass is 268 g/mol. The molecule has 0 radical (unpaired) electrons. The molecule has 0 aliphatic carbocycles. The van der Waals surface area contributed by atoms with Gasteiger partial charge in [0.2, 0.25) is 0 Å². The zero-order chi connectivity index (χ0) is 14.2. The predicted molar refractivity (Wildman–Crippen MR) is 66.3 cm³/mol. The van der Waals surface area contributed by atoms with Crippen molar-refractivity contribution in [3.8, 4) is 0 Å². The number of hydrogen-bond donors (Lipinski definition) is 0. The molecule has 0 fully saturated rings. The molecule has 0 saturated heterocycles. The second-order valence-electron chi connectivity index (χ2n) is 5.16. The fourth-order valence-electron chi connectivity index (χ4n) is 1.62. The highest BCUT2D eigenvalue weighted by Gasteiger charge is 2.20. The van der Waals surface area contributed by atoms with Gasteiger partial charge in [-0.15, -0.1) is 0 Å². The lowest BCUT2D eigenvalue weighted by molar-refractivity contribution is 0.0522.